The van der Waals surface area contributed by atoms with E-state index in [1.807, 2.05) is 0 Å². The molecule has 0 aliphatic carbocycles. The van der Waals surface area contributed by atoms with Gasteiger partial charge in [-0.15, -0.1) is 0 Å². The largest absolute Gasteiger partial charge is 0.416 e. The lowest BCUT2D eigenvalue weighted by Crippen LogP contribution is -2.11. The Morgan fingerprint density at radius 2 is 1.46 bits per heavy atom. The van der Waals surface area contributed by atoms with Crippen molar-refractivity contribution in [2.24, 2.45) is 0 Å². The molecule has 0 fully saturated rings. The fourth-order valence-electron chi connectivity index (χ4n) is 2.23. The van der Waals surface area contributed by atoms with E-state index in [2.05, 4.69) is 0 Å². The van der Waals surface area contributed by atoms with Gasteiger partial charge in [-0.25, -0.2) is 8.42 Å². The van der Waals surface area contributed by atoms with E-state index in [9.17, 15) is 26.4 Å². The Morgan fingerprint density at radius 3 is 1.88 bits per heavy atom. The van der Waals surface area contributed by atoms with Gasteiger partial charge in [0.1, 0.15) is 0 Å². The van der Waals surface area contributed by atoms with E-state index in [-0.39, 0.29) is 16.2 Å². The molecule has 0 N–H and O–H groups in total. The van der Waals surface area contributed by atoms with Crippen LogP contribution in [0.1, 0.15) is 34.3 Å². The lowest BCUT2D eigenvalue weighted by atomic mass is 9.92. The molecule has 2 aromatic carbocycles. The summed E-state index contributed by atoms with van der Waals surface area (Å²) in [4.78, 5) is 12.5. The first-order valence-corrected chi connectivity index (χ1v) is 8.91. The van der Waals surface area contributed by atoms with Gasteiger partial charge in [0, 0.05) is 17.7 Å². The van der Waals surface area contributed by atoms with Gasteiger partial charge in [0.25, 0.3) is 0 Å². The Labute approximate surface area is 138 Å². The van der Waals surface area contributed by atoms with Gasteiger partial charge in [-0.05, 0) is 29.8 Å². The Kier molecular flexibility index (Phi) is 4.85. The predicted molar refractivity (Wildman–Crippen MR) is 83.7 cm³/mol. The number of carbonyl (C=O) groups excluding carboxylic acids is 1. The van der Waals surface area contributed by atoms with E-state index in [4.69, 9.17) is 0 Å². The molecule has 0 saturated heterocycles. The molecule has 0 aliphatic heterocycles. The molecule has 0 bridgehead atoms. The number of alkyl halides is 3. The highest BCUT2D eigenvalue weighted by molar-refractivity contribution is 7.90. The highest BCUT2D eigenvalue weighted by Gasteiger charge is 2.30. The number of rotatable bonds is 4. The van der Waals surface area contributed by atoms with Gasteiger partial charge in [-0.3, -0.25) is 4.79 Å². The van der Waals surface area contributed by atoms with Crippen LogP contribution in [0.2, 0.25) is 0 Å². The average Bonchev–Trinajstić information content (AvgIpc) is 2.52. The second-order valence-electron chi connectivity index (χ2n) is 5.50. The summed E-state index contributed by atoms with van der Waals surface area (Å²) < 4.78 is 60.5. The lowest BCUT2D eigenvalue weighted by Gasteiger charge is -2.12. The van der Waals surface area contributed by atoms with Crippen LogP contribution in [-0.2, 0) is 16.0 Å². The molecule has 1 unspecified atom stereocenters. The van der Waals surface area contributed by atoms with Gasteiger partial charge in [0.15, 0.2) is 15.6 Å². The summed E-state index contributed by atoms with van der Waals surface area (Å²) in [5, 5.41) is 0. The first-order chi connectivity index (χ1) is 11.0. The maximum atomic E-state index is 12.5. The summed E-state index contributed by atoms with van der Waals surface area (Å²) in [6, 6.07) is 9.90. The van der Waals surface area contributed by atoms with Crippen molar-refractivity contribution in [3.8, 4) is 0 Å². The third-order valence-corrected chi connectivity index (χ3v) is 4.83. The third kappa shape index (κ3) is 4.03. The molecule has 0 aliphatic rings. The summed E-state index contributed by atoms with van der Waals surface area (Å²) in [6.45, 7) is 1.62. The van der Waals surface area contributed by atoms with Crippen molar-refractivity contribution in [1.82, 2.24) is 0 Å². The Morgan fingerprint density at radius 1 is 0.958 bits per heavy atom. The number of ketones is 1. The van der Waals surface area contributed by atoms with Crippen LogP contribution >= 0.6 is 0 Å². The van der Waals surface area contributed by atoms with Crippen molar-refractivity contribution in [2.75, 3.05) is 6.26 Å². The van der Waals surface area contributed by atoms with Gasteiger partial charge in [-0.2, -0.15) is 13.2 Å². The zero-order chi connectivity index (χ0) is 18.1. The summed E-state index contributed by atoms with van der Waals surface area (Å²) in [5.74, 6) is -0.939. The fourth-order valence-corrected chi connectivity index (χ4v) is 2.86. The molecule has 24 heavy (non-hydrogen) atoms. The molecule has 0 heterocycles. The van der Waals surface area contributed by atoms with E-state index in [1.54, 1.807) is 6.92 Å². The smallest absolute Gasteiger partial charge is 0.294 e. The van der Waals surface area contributed by atoms with Crippen LogP contribution in [0.25, 0.3) is 0 Å². The minimum atomic E-state index is -4.45. The van der Waals surface area contributed by atoms with Gasteiger partial charge < -0.3 is 0 Å². The van der Waals surface area contributed by atoms with E-state index in [1.165, 1.54) is 24.3 Å². The zero-order valence-corrected chi connectivity index (χ0v) is 13.8. The van der Waals surface area contributed by atoms with E-state index in [0.717, 1.165) is 30.5 Å². The van der Waals surface area contributed by atoms with Crippen molar-refractivity contribution in [1.29, 1.82) is 0 Å². The van der Waals surface area contributed by atoms with Gasteiger partial charge in [0.2, 0.25) is 0 Å². The Bertz CT molecular complexity index is 836. The topological polar surface area (TPSA) is 51.2 Å². The highest BCUT2D eigenvalue weighted by atomic mass is 32.2. The molecule has 0 amide bonds. The summed E-state index contributed by atoms with van der Waals surface area (Å²) in [5.41, 5.74) is -0.0563. The lowest BCUT2D eigenvalue weighted by molar-refractivity contribution is -0.137. The Balaban J connectivity index is 2.23. The monoisotopic (exact) mass is 356 g/mol. The van der Waals surface area contributed by atoms with E-state index in [0.29, 0.717) is 5.56 Å². The van der Waals surface area contributed by atoms with Crippen molar-refractivity contribution < 1.29 is 26.4 Å². The molecule has 128 valence electrons. The number of sulfone groups is 1. The first kappa shape index (κ1) is 18.2. The van der Waals surface area contributed by atoms with Crippen molar-refractivity contribution in [3.63, 3.8) is 0 Å². The minimum absolute atomic E-state index is 0.139. The van der Waals surface area contributed by atoms with Gasteiger partial charge >= 0.3 is 6.18 Å². The SMILES string of the molecule is CC(C(=O)c1ccc(C(F)(F)F)cc1)c1ccc(S(C)(=O)=O)cc1. The second kappa shape index (κ2) is 6.39. The molecule has 0 aromatic heterocycles. The standard InChI is InChI=1S/C17H15F3O3S/c1-11(12-5-9-15(10-6-12)24(2,22)23)16(21)13-3-7-14(8-4-13)17(18,19)20/h3-11H,1-2H3. The number of benzene rings is 2. The normalized spacial score (nSPS) is 13.5. The van der Waals surface area contributed by atoms with Crippen LogP contribution in [-0.4, -0.2) is 20.5 Å². The molecule has 0 spiro atoms. The second-order valence-corrected chi connectivity index (χ2v) is 7.52. The van der Waals surface area contributed by atoms with Crippen LogP contribution in [0.4, 0.5) is 13.2 Å². The summed E-state index contributed by atoms with van der Waals surface area (Å²) in [6.07, 6.45) is -3.37. The van der Waals surface area contributed by atoms with Crippen LogP contribution in [0.3, 0.4) is 0 Å². The number of hydrogen-bond donors (Lipinski definition) is 0. The summed E-state index contributed by atoms with van der Waals surface area (Å²) >= 11 is 0. The number of carbonyl (C=O) groups is 1. The number of hydrogen-bond acceptors (Lipinski definition) is 3. The molecule has 7 heteroatoms. The summed E-state index contributed by atoms with van der Waals surface area (Å²) in [7, 11) is -3.33. The molecule has 0 saturated carbocycles. The minimum Gasteiger partial charge on any atom is -0.294 e. The third-order valence-electron chi connectivity index (χ3n) is 3.70. The van der Waals surface area contributed by atoms with Crippen LogP contribution in [0, 0.1) is 0 Å². The van der Waals surface area contributed by atoms with Gasteiger partial charge in [0.05, 0.1) is 10.5 Å². The fraction of sp³-hybridized carbons (Fsp3) is 0.235. The van der Waals surface area contributed by atoms with Crippen LogP contribution in [0.5, 0.6) is 0 Å². The van der Waals surface area contributed by atoms with Crippen molar-refractivity contribution >= 4 is 15.6 Å². The number of Topliss-reactive ketones (excluding diaryl/α,β-unsaturated/α-hetero) is 1. The molecule has 1 atom stereocenters. The predicted octanol–water partition coefficient (Wildman–Crippen LogP) is 4.10. The van der Waals surface area contributed by atoms with E-state index >= 15 is 0 Å². The van der Waals surface area contributed by atoms with Crippen molar-refractivity contribution in [3.05, 3.63) is 65.2 Å². The van der Waals surface area contributed by atoms with Crippen LogP contribution in [0.15, 0.2) is 53.4 Å². The van der Waals surface area contributed by atoms with Gasteiger partial charge in [-0.1, -0.05) is 31.2 Å². The number of halogens is 3. The first-order valence-electron chi connectivity index (χ1n) is 7.01. The zero-order valence-electron chi connectivity index (χ0n) is 13.0. The average molecular weight is 356 g/mol. The quantitative estimate of drug-likeness (QED) is 0.775. The van der Waals surface area contributed by atoms with Crippen molar-refractivity contribution in [2.45, 2.75) is 23.9 Å². The molecule has 0 radical (unpaired) electrons. The maximum absolute atomic E-state index is 12.5. The molecular formula is C17H15F3O3S. The van der Waals surface area contributed by atoms with Crippen LogP contribution < -0.4 is 0 Å². The molecule has 2 rings (SSSR count). The molecular weight excluding hydrogens is 341 g/mol. The van der Waals surface area contributed by atoms with E-state index < -0.39 is 27.5 Å². The Hall–Kier alpha value is -2.15. The molecule has 3 nitrogen and oxygen atoms in total. The maximum Gasteiger partial charge on any atom is 0.416 e. The highest BCUT2D eigenvalue weighted by Crippen LogP contribution is 2.30. The molecule has 2 aromatic rings.